The summed E-state index contributed by atoms with van der Waals surface area (Å²) in [5.74, 6) is 1.71. The number of nitrogens with zero attached hydrogens (tertiary/aromatic N) is 2. The Kier molecular flexibility index (Phi) is 6.62. The van der Waals surface area contributed by atoms with Gasteiger partial charge < -0.3 is 24.5 Å². The van der Waals surface area contributed by atoms with Crippen molar-refractivity contribution >= 4 is 0 Å². The van der Waals surface area contributed by atoms with Crippen LogP contribution in [0.4, 0.5) is 4.39 Å². The van der Waals surface area contributed by atoms with Crippen molar-refractivity contribution in [3.63, 3.8) is 0 Å². The zero-order chi connectivity index (χ0) is 19.9. The van der Waals surface area contributed by atoms with Gasteiger partial charge in [0, 0.05) is 32.1 Å². The molecule has 2 aromatic carbocycles. The van der Waals surface area contributed by atoms with E-state index in [-0.39, 0.29) is 25.0 Å². The summed E-state index contributed by atoms with van der Waals surface area (Å²) >= 11 is 0. The standard InChI is InChI=1S/C21H24FN3O3/c1-25-10-9-23-21(25)20(15-5-3-6-16(22)11-15)24-13-17(26)14-28-19-8-4-7-18(12-19)27-2/h3-12,17,20,24,26H,13-14H2,1-2H3. The van der Waals surface area contributed by atoms with Gasteiger partial charge in [-0.25, -0.2) is 9.37 Å². The van der Waals surface area contributed by atoms with Crippen LogP contribution in [0, 0.1) is 5.82 Å². The van der Waals surface area contributed by atoms with E-state index in [2.05, 4.69) is 10.3 Å². The topological polar surface area (TPSA) is 68.5 Å². The maximum atomic E-state index is 13.7. The van der Waals surface area contributed by atoms with E-state index in [1.807, 2.05) is 36.0 Å². The summed E-state index contributed by atoms with van der Waals surface area (Å²) in [5.41, 5.74) is 0.732. The van der Waals surface area contributed by atoms with Gasteiger partial charge in [-0.05, 0) is 29.8 Å². The molecule has 0 spiro atoms. The molecular weight excluding hydrogens is 361 g/mol. The molecule has 3 aromatic rings. The Morgan fingerprint density at radius 2 is 1.96 bits per heavy atom. The van der Waals surface area contributed by atoms with Gasteiger partial charge in [0.2, 0.25) is 0 Å². The average Bonchev–Trinajstić information content (AvgIpc) is 3.12. The van der Waals surface area contributed by atoms with E-state index < -0.39 is 6.10 Å². The lowest BCUT2D eigenvalue weighted by atomic mass is 10.1. The molecule has 0 saturated heterocycles. The molecule has 0 aliphatic heterocycles. The monoisotopic (exact) mass is 385 g/mol. The number of imidazole rings is 1. The molecule has 0 amide bonds. The summed E-state index contributed by atoms with van der Waals surface area (Å²) in [5, 5.41) is 13.6. The molecule has 1 heterocycles. The van der Waals surface area contributed by atoms with Crippen molar-refractivity contribution < 1.29 is 19.0 Å². The molecule has 0 aliphatic carbocycles. The van der Waals surface area contributed by atoms with Crippen LogP contribution >= 0.6 is 0 Å². The fourth-order valence-electron chi connectivity index (χ4n) is 2.90. The molecule has 1 aromatic heterocycles. The number of aryl methyl sites for hydroxylation is 1. The zero-order valence-electron chi connectivity index (χ0n) is 15.9. The summed E-state index contributed by atoms with van der Waals surface area (Å²) < 4.78 is 26.4. The van der Waals surface area contributed by atoms with Gasteiger partial charge in [-0.2, -0.15) is 0 Å². The molecule has 7 heteroatoms. The molecule has 148 valence electrons. The van der Waals surface area contributed by atoms with Crippen LogP contribution in [-0.2, 0) is 7.05 Å². The summed E-state index contributed by atoms with van der Waals surface area (Å²) in [7, 11) is 3.46. The summed E-state index contributed by atoms with van der Waals surface area (Å²) in [6, 6.07) is 13.2. The van der Waals surface area contributed by atoms with E-state index in [0.717, 1.165) is 11.4 Å². The van der Waals surface area contributed by atoms with E-state index in [9.17, 15) is 9.50 Å². The zero-order valence-corrected chi connectivity index (χ0v) is 15.9. The minimum Gasteiger partial charge on any atom is -0.497 e. The van der Waals surface area contributed by atoms with Crippen LogP contribution in [0.5, 0.6) is 11.5 Å². The lowest BCUT2D eigenvalue weighted by Gasteiger charge is -2.21. The number of halogens is 1. The van der Waals surface area contributed by atoms with Crippen molar-refractivity contribution in [1.82, 2.24) is 14.9 Å². The van der Waals surface area contributed by atoms with Crippen molar-refractivity contribution in [3.05, 3.63) is 78.1 Å². The first-order valence-corrected chi connectivity index (χ1v) is 8.98. The number of aromatic nitrogens is 2. The van der Waals surface area contributed by atoms with Crippen molar-refractivity contribution in [3.8, 4) is 11.5 Å². The summed E-state index contributed by atoms with van der Waals surface area (Å²) in [6.07, 6.45) is 2.75. The van der Waals surface area contributed by atoms with Crippen LogP contribution in [0.2, 0.25) is 0 Å². The minimum absolute atomic E-state index is 0.108. The first kappa shape index (κ1) is 19.9. The van der Waals surface area contributed by atoms with Gasteiger partial charge in [0.25, 0.3) is 0 Å². The first-order valence-electron chi connectivity index (χ1n) is 8.98. The Morgan fingerprint density at radius 1 is 1.18 bits per heavy atom. The number of nitrogens with one attached hydrogen (secondary N) is 1. The maximum Gasteiger partial charge on any atom is 0.130 e. The highest BCUT2D eigenvalue weighted by molar-refractivity contribution is 5.32. The third-order valence-corrected chi connectivity index (χ3v) is 4.34. The Morgan fingerprint density at radius 3 is 2.68 bits per heavy atom. The van der Waals surface area contributed by atoms with Gasteiger partial charge in [0.1, 0.15) is 35.9 Å². The molecule has 28 heavy (non-hydrogen) atoms. The van der Waals surface area contributed by atoms with Gasteiger partial charge in [-0.1, -0.05) is 18.2 Å². The van der Waals surface area contributed by atoms with Crippen molar-refractivity contribution in [1.29, 1.82) is 0 Å². The highest BCUT2D eigenvalue weighted by atomic mass is 19.1. The number of benzene rings is 2. The highest BCUT2D eigenvalue weighted by Gasteiger charge is 2.20. The molecule has 3 rings (SSSR count). The second kappa shape index (κ2) is 9.34. The van der Waals surface area contributed by atoms with Crippen LogP contribution in [-0.4, -0.2) is 41.0 Å². The molecule has 0 fully saturated rings. The quantitative estimate of drug-likeness (QED) is 0.593. The fraction of sp³-hybridized carbons (Fsp3) is 0.286. The first-order chi connectivity index (χ1) is 13.6. The van der Waals surface area contributed by atoms with E-state index >= 15 is 0 Å². The van der Waals surface area contributed by atoms with Crippen LogP contribution in [0.25, 0.3) is 0 Å². The molecular formula is C21H24FN3O3. The minimum atomic E-state index is -0.762. The van der Waals surface area contributed by atoms with Crippen LogP contribution in [0.15, 0.2) is 60.9 Å². The molecule has 0 saturated carbocycles. The van der Waals surface area contributed by atoms with Gasteiger partial charge in [-0.15, -0.1) is 0 Å². The van der Waals surface area contributed by atoms with E-state index in [0.29, 0.717) is 11.5 Å². The SMILES string of the molecule is COc1cccc(OCC(O)CNC(c2cccc(F)c2)c2nccn2C)c1. The fourth-order valence-corrected chi connectivity index (χ4v) is 2.90. The largest absolute Gasteiger partial charge is 0.497 e. The third kappa shape index (κ3) is 5.09. The summed E-state index contributed by atoms with van der Waals surface area (Å²) in [4.78, 5) is 4.36. The van der Waals surface area contributed by atoms with Gasteiger partial charge in [0.05, 0.1) is 13.2 Å². The lowest BCUT2D eigenvalue weighted by molar-refractivity contribution is 0.104. The molecule has 2 N–H and O–H groups in total. The second-order valence-corrected chi connectivity index (χ2v) is 6.44. The van der Waals surface area contributed by atoms with Crippen molar-refractivity contribution in [2.24, 2.45) is 7.05 Å². The summed E-state index contributed by atoms with van der Waals surface area (Å²) in [6.45, 7) is 0.356. The Bertz CT molecular complexity index is 900. The van der Waals surface area contributed by atoms with Gasteiger partial charge in [0.15, 0.2) is 0 Å². The Labute approximate surface area is 163 Å². The molecule has 0 aliphatic rings. The number of aliphatic hydroxyl groups excluding tert-OH is 1. The van der Waals surface area contributed by atoms with Crippen LogP contribution in [0.3, 0.4) is 0 Å². The number of hydrogen-bond donors (Lipinski definition) is 2. The van der Waals surface area contributed by atoms with Gasteiger partial charge >= 0.3 is 0 Å². The van der Waals surface area contributed by atoms with E-state index in [1.165, 1.54) is 12.1 Å². The highest BCUT2D eigenvalue weighted by Crippen LogP contribution is 2.22. The molecule has 0 radical (unpaired) electrons. The number of methoxy groups -OCH3 is 1. The smallest absolute Gasteiger partial charge is 0.130 e. The number of hydrogen-bond acceptors (Lipinski definition) is 5. The van der Waals surface area contributed by atoms with Crippen LogP contribution in [0.1, 0.15) is 17.4 Å². The average molecular weight is 385 g/mol. The van der Waals surface area contributed by atoms with Gasteiger partial charge in [-0.3, -0.25) is 0 Å². The number of ether oxygens (including phenoxy) is 2. The molecule has 2 atom stereocenters. The number of rotatable bonds is 9. The van der Waals surface area contributed by atoms with E-state index in [4.69, 9.17) is 9.47 Å². The maximum absolute atomic E-state index is 13.7. The second-order valence-electron chi connectivity index (χ2n) is 6.44. The predicted molar refractivity (Wildman–Crippen MR) is 104 cm³/mol. The molecule has 2 unspecified atom stereocenters. The molecule has 6 nitrogen and oxygen atoms in total. The predicted octanol–water partition coefficient (Wildman–Crippen LogP) is 2.69. The van der Waals surface area contributed by atoms with Crippen LogP contribution < -0.4 is 14.8 Å². The third-order valence-electron chi connectivity index (χ3n) is 4.34. The Hall–Kier alpha value is -2.90. The molecule has 0 bridgehead atoms. The lowest BCUT2D eigenvalue weighted by Crippen LogP contribution is -2.35. The normalized spacial score (nSPS) is 13.1. The number of aliphatic hydroxyl groups is 1. The van der Waals surface area contributed by atoms with E-state index in [1.54, 1.807) is 31.5 Å². The van der Waals surface area contributed by atoms with Crippen molar-refractivity contribution in [2.45, 2.75) is 12.1 Å². The Balaban J connectivity index is 1.64. The van der Waals surface area contributed by atoms with Crippen molar-refractivity contribution in [2.75, 3.05) is 20.3 Å².